The van der Waals surface area contributed by atoms with Crippen molar-refractivity contribution in [1.29, 1.82) is 0 Å². The Bertz CT molecular complexity index is 2340. The van der Waals surface area contributed by atoms with E-state index < -0.39 is 152 Å². The van der Waals surface area contributed by atoms with Gasteiger partial charge >= 0.3 is 11.9 Å². The molecular formula is C48H74N12O15. The molecule has 1 aromatic heterocycles. The quantitative estimate of drug-likeness (QED) is 0.0307. The lowest BCUT2D eigenvalue weighted by Gasteiger charge is -2.26. The molecule has 0 aliphatic rings. The molecule has 1 heterocycles. The first-order valence-corrected chi connectivity index (χ1v) is 24.5. The summed E-state index contributed by atoms with van der Waals surface area (Å²) >= 11 is 0. The summed E-state index contributed by atoms with van der Waals surface area (Å²) < 4.78 is 0. The third-order valence-electron chi connectivity index (χ3n) is 11.4. The zero-order valence-corrected chi connectivity index (χ0v) is 43.0. The van der Waals surface area contributed by atoms with Gasteiger partial charge in [-0.2, -0.15) is 0 Å². The Morgan fingerprint density at radius 2 is 1.12 bits per heavy atom. The number of carbonyl (C=O) groups is 12. The second-order valence-corrected chi connectivity index (χ2v) is 18.8. The highest BCUT2D eigenvalue weighted by Gasteiger charge is 2.34. The van der Waals surface area contributed by atoms with Crippen molar-refractivity contribution in [2.75, 3.05) is 19.7 Å². The third kappa shape index (κ3) is 23.0. The standard InChI is InChI=1S/C48H74N12O15/c1-24(2)17-33(41(50)68)58-48(75)37(23-61)60-42(69)26(5)53-45(72)35(19-28-21-51-30-12-8-7-11-29(28)30)59-44(71)31(13-9-10-16-49)56-47(74)36(20-40(66)67)55-38(63)22-52-43(70)32(14-15-39(64)65)57-46(73)34(18-25(3)4)54-27(6)62/h7-8,11-12,21,24-26,31-37,51,61H,9-10,13-20,22-23,49H2,1-6H3,(H2,50,68)(H,52,70)(H,53,72)(H,54,62)(H,55,63)(H,56,74)(H,57,73)(H,58,75)(H,59,71)(H,60,69)(H,64,65)(H,66,67)/t26-,31-,32-,33-,34-,35-,36-,37-/m0/s1. The first-order chi connectivity index (χ1) is 35.3. The molecule has 2 aromatic rings. The topological polar surface area (TPSA) is 442 Å². The molecule has 0 saturated carbocycles. The molecule has 8 atom stereocenters. The van der Waals surface area contributed by atoms with E-state index in [1.165, 1.54) is 13.8 Å². The summed E-state index contributed by atoms with van der Waals surface area (Å²) in [6.07, 6.45) is 0.198. The number of fused-ring (bicyclic) bond motifs is 1. The molecule has 75 heavy (non-hydrogen) atoms. The van der Waals surface area contributed by atoms with E-state index in [0.717, 1.165) is 0 Å². The van der Waals surface area contributed by atoms with Crippen molar-refractivity contribution >= 4 is 81.9 Å². The number of benzene rings is 1. The van der Waals surface area contributed by atoms with Gasteiger partial charge in [-0.3, -0.25) is 57.5 Å². The van der Waals surface area contributed by atoms with E-state index in [-0.39, 0.29) is 50.5 Å². The van der Waals surface area contributed by atoms with Crippen molar-refractivity contribution in [2.45, 2.75) is 148 Å². The molecule has 0 saturated heterocycles. The number of rotatable bonds is 34. The molecular weight excluding hydrogens is 985 g/mol. The molecule has 27 heteroatoms. The van der Waals surface area contributed by atoms with Gasteiger partial charge in [0.05, 0.1) is 19.6 Å². The number of primary amides is 1. The first-order valence-electron chi connectivity index (χ1n) is 24.5. The van der Waals surface area contributed by atoms with Crippen molar-refractivity contribution in [3.05, 3.63) is 36.0 Å². The number of hydrogen-bond acceptors (Lipinski definition) is 14. The van der Waals surface area contributed by atoms with Crippen LogP contribution >= 0.6 is 0 Å². The van der Waals surface area contributed by atoms with Gasteiger partial charge in [0.1, 0.15) is 48.3 Å². The minimum Gasteiger partial charge on any atom is -0.481 e. The number of aromatic nitrogens is 1. The number of carboxylic acid groups (broad SMARTS) is 2. The van der Waals surface area contributed by atoms with Crippen LogP contribution in [0.4, 0.5) is 0 Å². The molecule has 0 spiro atoms. The normalized spacial score (nSPS) is 14.3. The van der Waals surface area contributed by atoms with Crippen LogP contribution in [0, 0.1) is 11.8 Å². The summed E-state index contributed by atoms with van der Waals surface area (Å²) in [6, 6.07) is -4.45. The van der Waals surface area contributed by atoms with Crippen molar-refractivity contribution in [3.8, 4) is 0 Å². The zero-order chi connectivity index (χ0) is 56.5. The lowest BCUT2D eigenvalue weighted by atomic mass is 10.0. The Morgan fingerprint density at radius 1 is 0.587 bits per heavy atom. The molecule has 0 radical (unpaired) electrons. The van der Waals surface area contributed by atoms with Gasteiger partial charge in [0.25, 0.3) is 0 Å². The molecule has 0 bridgehead atoms. The molecule has 0 fully saturated rings. The monoisotopic (exact) mass is 1060 g/mol. The minimum absolute atomic E-state index is 0.0531. The molecule has 17 N–H and O–H groups in total. The van der Waals surface area contributed by atoms with E-state index >= 15 is 0 Å². The summed E-state index contributed by atoms with van der Waals surface area (Å²) in [4.78, 5) is 158. The van der Waals surface area contributed by atoms with Crippen molar-refractivity contribution in [1.82, 2.24) is 52.8 Å². The average Bonchev–Trinajstić information content (AvgIpc) is 3.73. The molecule has 2 rings (SSSR count). The lowest BCUT2D eigenvalue weighted by molar-refractivity contribution is -0.141. The van der Waals surface area contributed by atoms with Crippen LogP contribution in [0.25, 0.3) is 10.9 Å². The van der Waals surface area contributed by atoms with Crippen LogP contribution in [0.5, 0.6) is 0 Å². The second kappa shape index (κ2) is 31.8. The number of nitrogens with one attached hydrogen (secondary N) is 10. The number of aliphatic hydroxyl groups excluding tert-OH is 1. The highest BCUT2D eigenvalue weighted by molar-refractivity contribution is 5.99. The van der Waals surface area contributed by atoms with Crippen molar-refractivity contribution in [2.24, 2.45) is 23.3 Å². The van der Waals surface area contributed by atoms with Crippen LogP contribution in [0.1, 0.15) is 98.5 Å². The van der Waals surface area contributed by atoms with Crippen LogP contribution in [-0.4, -0.2) is 159 Å². The van der Waals surface area contributed by atoms with Gasteiger partial charge in [0.15, 0.2) is 0 Å². The Balaban J connectivity index is 2.35. The summed E-state index contributed by atoms with van der Waals surface area (Å²) in [5, 5.41) is 51.2. The number of nitrogens with two attached hydrogens (primary N) is 2. The highest BCUT2D eigenvalue weighted by Crippen LogP contribution is 2.20. The smallest absolute Gasteiger partial charge is 0.305 e. The summed E-state index contributed by atoms with van der Waals surface area (Å²) in [7, 11) is 0. The summed E-state index contributed by atoms with van der Waals surface area (Å²) in [6.45, 7) is 7.98. The van der Waals surface area contributed by atoms with Crippen LogP contribution in [0.2, 0.25) is 0 Å². The number of amides is 10. The molecule has 0 unspecified atom stereocenters. The number of carbonyl (C=O) groups excluding carboxylic acids is 10. The van der Waals surface area contributed by atoms with E-state index in [9.17, 15) is 72.9 Å². The van der Waals surface area contributed by atoms with E-state index in [4.69, 9.17) is 11.5 Å². The third-order valence-corrected chi connectivity index (χ3v) is 11.4. The van der Waals surface area contributed by atoms with Gasteiger partial charge < -0.3 is 79.6 Å². The van der Waals surface area contributed by atoms with E-state index in [1.54, 1.807) is 58.2 Å². The highest BCUT2D eigenvalue weighted by atomic mass is 16.4. The Kier molecular flexibility index (Phi) is 26.9. The van der Waals surface area contributed by atoms with E-state index in [2.05, 4.69) is 52.8 Å². The van der Waals surface area contributed by atoms with Crippen molar-refractivity contribution in [3.63, 3.8) is 0 Å². The van der Waals surface area contributed by atoms with Crippen LogP contribution < -0.4 is 59.3 Å². The number of carboxylic acids is 2. The number of unbranched alkanes of at least 4 members (excludes halogenated alkanes) is 1. The second-order valence-electron chi connectivity index (χ2n) is 18.8. The maximum absolute atomic E-state index is 14.2. The SMILES string of the molecule is CC(=O)N[C@@H](CC(C)C)C(=O)N[C@@H](CCC(=O)O)C(=O)NCC(=O)N[C@@H](CC(=O)O)C(=O)N[C@@H](CCCCN)C(=O)N[C@@H](Cc1c[nH]c2ccccc12)C(=O)N[C@@H](C)C(=O)N[C@@H](CO)C(=O)N[C@@H](CC(C)C)C(N)=O. The fourth-order valence-corrected chi connectivity index (χ4v) is 7.57. The Labute approximate surface area is 433 Å². The Morgan fingerprint density at radius 3 is 1.69 bits per heavy atom. The molecule has 27 nitrogen and oxygen atoms in total. The molecule has 0 aliphatic carbocycles. The van der Waals surface area contributed by atoms with Crippen LogP contribution in [0.15, 0.2) is 30.5 Å². The number of aromatic amines is 1. The molecule has 0 aliphatic heterocycles. The van der Waals surface area contributed by atoms with Gasteiger partial charge in [0.2, 0.25) is 59.1 Å². The predicted octanol–water partition coefficient (Wildman–Crippen LogP) is -3.22. The number of para-hydroxylation sites is 1. The number of H-pyrrole nitrogens is 1. The van der Waals surface area contributed by atoms with Crippen LogP contribution in [-0.2, 0) is 64.0 Å². The maximum atomic E-state index is 14.2. The number of hydrogen-bond donors (Lipinski definition) is 15. The lowest BCUT2D eigenvalue weighted by Crippen LogP contribution is -2.60. The molecule has 1 aromatic carbocycles. The Hall–Kier alpha value is -7.68. The predicted molar refractivity (Wildman–Crippen MR) is 269 cm³/mol. The average molecular weight is 1060 g/mol. The van der Waals surface area contributed by atoms with Gasteiger partial charge in [-0.1, -0.05) is 45.9 Å². The van der Waals surface area contributed by atoms with Gasteiger partial charge in [-0.15, -0.1) is 0 Å². The van der Waals surface area contributed by atoms with E-state index in [1.807, 2.05) is 0 Å². The van der Waals surface area contributed by atoms with Crippen molar-refractivity contribution < 1.29 is 72.9 Å². The minimum atomic E-state index is -1.86. The first kappa shape index (κ1) is 63.4. The maximum Gasteiger partial charge on any atom is 0.305 e. The fourth-order valence-electron chi connectivity index (χ4n) is 7.57. The molecule has 10 amide bonds. The summed E-state index contributed by atoms with van der Waals surface area (Å²) in [5.41, 5.74) is 12.4. The van der Waals surface area contributed by atoms with Crippen LogP contribution in [0.3, 0.4) is 0 Å². The molecule has 416 valence electrons. The largest absolute Gasteiger partial charge is 0.481 e. The zero-order valence-electron chi connectivity index (χ0n) is 43.0. The van der Waals surface area contributed by atoms with E-state index in [0.29, 0.717) is 22.9 Å². The summed E-state index contributed by atoms with van der Waals surface area (Å²) in [5.74, 6) is -12.2. The fraction of sp³-hybridized carbons (Fsp3) is 0.583. The van der Waals surface area contributed by atoms with Gasteiger partial charge in [0, 0.05) is 36.9 Å². The number of aliphatic carboxylic acids is 2. The number of aliphatic hydroxyl groups is 1. The van der Waals surface area contributed by atoms with Gasteiger partial charge in [-0.25, -0.2) is 0 Å². The van der Waals surface area contributed by atoms with Gasteiger partial charge in [-0.05, 0) is 75.5 Å².